The van der Waals surface area contributed by atoms with Crippen LogP contribution in [-0.4, -0.2) is 0 Å². The van der Waals surface area contributed by atoms with Crippen LogP contribution in [0, 0.1) is 3.57 Å². The number of hydrogen-bond donors (Lipinski definition) is 0. The summed E-state index contributed by atoms with van der Waals surface area (Å²) in [4.78, 5) is 0. The van der Waals surface area contributed by atoms with Crippen LogP contribution >= 0.6 is 22.6 Å². The quantitative estimate of drug-likeness (QED) is 0.592. The molecule has 1 aromatic heterocycles. The Morgan fingerprint density at radius 1 is 0.875 bits per heavy atom. The lowest BCUT2D eigenvalue weighted by Gasteiger charge is -1.98. The van der Waals surface area contributed by atoms with Crippen molar-refractivity contribution in [1.82, 2.24) is 0 Å². The second-order valence-corrected chi connectivity index (χ2v) is 4.79. The van der Waals surface area contributed by atoms with Gasteiger partial charge in [-0.3, -0.25) is 0 Å². The highest BCUT2D eigenvalue weighted by atomic mass is 127. The molecule has 0 unspecified atom stereocenters. The Hall–Kier alpha value is -1.29. The Balaban J connectivity index is 2.23. The van der Waals surface area contributed by atoms with Crippen LogP contribution in [0.3, 0.4) is 0 Å². The van der Waals surface area contributed by atoms with Gasteiger partial charge in [0.05, 0.1) is 0 Å². The molecule has 0 saturated carbocycles. The molecule has 0 bridgehead atoms. The molecule has 16 heavy (non-hydrogen) atoms. The van der Waals surface area contributed by atoms with E-state index in [1.165, 1.54) is 3.57 Å². The minimum atomic E-state index is 0.936. The summed E-state index contributed by atoms with van der Waals surface area (Å²) < 4.78 is 7.04. The predicted octanol–water partition coefficient (Wildman–Crippen LogP) is 4.70. The molecule has 0 amide bonds. The number of hydrogen-bond acceptors (Lipinski definition) is 1. The smallest absolute Gasteiger partial charge is 0.136 e. The number of fused-ring (bicyclic) bond motifs is 1. The van der Waals surface area contributed by atoms with Gasteiger partial charge in [-0.1, -0.05) is 36.4 Å². The van der Waals surface area contributed by atoms with E-state index in [1.807, 2.05) is 30.3 Å². The molecule has 2 heteroatoms. The van der Waals surface area contributed by atoms with E-state index in [-0.39, 0.29) is 0 Å². The van der Waals surface area contributed by atoms with Crippen molar-refractivity contribution >= 4 is 33.6 Å². The van der Waals surface area contributed by atoms with E-state index in [9.17, 15) is 0 Å². The first-order valence-corrected chi connectivity index (χ1v) is 6.16. The summed E-state index contributed by atoms with van der Waals surface area (Å²) in [6, 6.07) is 18.4. The molecule has 2 aromatic carbocycles. The van der Waals surface area contributed by atoms with Crippen LogP contribution in [0.4, 0.5) is 0 Å². The number of halogens is 1. The topological polar surface area (TPSA) is 13.1 Å². The van der Waals surface area contributed by atoms with Crippen molar-refractivity contribution in [3.63, 3.8) is 0 Å². The van der Waals surface area contributed by atoms with E-state index < -0.39 is 0 Å². The van der Waals surface area contributed by atoms with Gasteiger partial charge >= 0.3 is 0 Å². The summed E-state index contributed by atoms with van der Waals surface area (Å²) in [6.07, 6.45) is 0. The summed E-state index contributed by atoms with van der Waals surface area (Å²) in [5, 5.41) is 1.15. The Morgan fingerprint density at radius 3 is 2.44 bits per heavy atom. The zero-order valence-electron chi connectivity index (χ0n) is 8.48. The SMILES string of the molecule is Ic1ccccc1-c1cc2ccccc2o1. The third-order valence-corrected chi connectivity index (χ3v) is 3.51. The highest BCUT2D eigenvalue weighted by Crippen LogP contribution is 2.30. The summed E-state index contributed by atoms with van der Waals surface area (Å²) in [5.41, 5.74) is 2.09. The van der Waals surface area contributed by atoms with Gasteiger partial charge in [0.15, 0.2) is 0 Å². The van der Waals surface area contributed by atoms with Gasteiger partial charge in [-0.2, -0.15) is 0 Å². The molecule has 0 aliphatic carbocycles. The third-order valence-electron chi connectivity index (χ3n) is 2.56. The first-order chi connectivity index (χ1) is 7.84. The molecule has 78 valence electrons. The molecule has 3 aromatic rings. The minimum Gasteiger partial charge on any atom is -0.456 e. The van der Waals surface area contributed by atoms with Gasteiger partial charge < -0.3 is 4.42 Å². The van der Waals surface area contributed by atoms with Crippen LogP contribution in [-0.2, 0) is 0 Å². The van der Waals surface area contributed by atoms with Crippen molar-refractivity contribution in [3.05, 3.63) is 58.2 Å². The van der Waals surface area contributed by atoms with Crippen LogP contribution in [0.15, 0.2) is 59.0 Å². The average Bonchev–Trinajstić information content (AvgIpc) is 2.73. The van der Waals surface area contributed by atoms with E-state index in [1.54, 1.807) is 0 Å². The van der Waals surface area contributed by atoms with Gasteiger partial charge in [0.2, 0.25) is 0 Å². The van der Waals surface area contributed by atoms with Gasteiger partial charge in [0, 0.05) is 14.5 Å². The average molecular weight is 320 g/mol. The van der Waals surface area contributed by atoms with Crippen molar-refractivity contribution in [3.8, 4) is 11.3 Å². The Labute approximate surface area is 107 Å². The first-order valence-electron chi connectivity index (χ1n) is 5.08. The second kappa shape index (κ2) is 3.94. The van der Waals surface area contributed by atoms with Gasteiger partial charge in [0.25, 0.3) is 0 Å². The molecule has 1 nitrogen and oxygen atoms in total. The lowest BCUT2D eigenvalue weighted by Crippen LogP contribution is -1.77. The predicted molar refractivity (Wildman–Crippen MR) is 74.4 cm³/mol. The molecular formula is C14H9IO. The van der Waals surface area contributed by atoms with Crippen LogP contribution in [0.25, 0.3) is 22.3 Å². The van der Waals surface area contributed by atoms with E-state index >= 15 is 0 Å². The Bertz CT molecular complexity index is 607. The van der Waals surface area contributed by atoms with Crippen LogP contribution in [0.5, 0.6) is 0 Å². The maximum atomic E-state index is 5.83. The lowest BCUT2D eigenvalue weighted by atomic mass is 10.1. The zero-order valence-corrected chi connectivity index (χ0v) is 10.6. The molecule has 0 N–H and O–H groups in total. The molecule has 0 spiro atoms. The lowest BCUT2D eigenvalue weighted by molar-refractivity contribution is 0.631. The van der Waals surface area contributed by atoms with Crippen molar-refractivity contribution in [2.45, 2.75) is 0 Å². The highest BCUT2D eigenvalue weighted by Gasteiger charge is 2.07. The summed E-state index contributed by atoms with van der Waals surface area (Å²) in [6.45, 7) is 0. The maximum Gasteiger partial charge on any atom is 0.136 e. The van der Waals surface area contributed by atoms with Crippen molar-refractivity contribution in [1.29, 1.82) is 0 Å². The number of para-hydroxylation sites is 1. The van der Waals surface area contributed by atoms with Crippen molar-refractivity contribution < 1.29 is 4.42 Å². The van der Waals surface area contributed by atoms with Crippen LogP contribution in [0.2, 0.25) is 0 Å². The number of benzene rings is 2. The van der Waals surface area contributed by atoms with Gasteiger partial charge in [0.1, 0.15) is 11.3 Å². The van der Waals surface area contributed by atoms with Crippen LogP contribution < -0.4 is 0 Å². The van der Waals surface area contributed by atoms with Crippen molar-refractivity contribution in [2.75, 3.05) is 0 Å². The monoisotopic (exact) mass is 320 g/mol. The standard InChI is InChI=1S/C14H9IO/c15-12-7-3-2-6-11(12)14-9-10-5-1-4-8-13(10)16-14/h1-9H. The fourth-order valence-electron chi connectivity index (χ4n) is 1.78. The van der Waals surface area contributed by atoms with Gasteiger partial charge in [-0.05, 0) is 40.8 Å². The molecule has 0 radical (unpaired) electrons. The van der Waals surface area contributed by atoms with E-state index in [2.05, 4.69) is 46.9 Å². The fraction of sp³-hybridized carbons (Fsp3) is 0. The van der Waals surface area contributed by atoms with Gasteiger partial charge in [-0.25, -0.2) is 0 Å². The second-order valence-electron chi connectivity index (χ2n) is 3.63. The fourth-order valence-corrected chi connectivity index (χ4v) is 2.43. The summed E-state index contributed by atoms with van der Waals surface area (Å²) in [5.74, 6) is 0.936. The van der Waals surface area contributed by atoms with Crippen molar-refractivity contribution in [2.24, 2.45) is 0 Å². The Morgan fingerprint density at radius 2 is 1.62 bits per heavy atom. The zero-order chi connectivity index (χ0) is 11.0. The summed E-state index contributed by atoms with van der Waals surface area (Å²) >= 11 is 2.33. The normalized spacial score (nSPS) is 10.8. The molecule has 1 heterocycles. The first kappa shape index (κ1) is 9.90. The van der Waals surface area contributed by atoms with Gasteiger partial charge in [-0.15, -0.1) is 0 Å². The maximum absolute atomic E-state index is 5.83. The molecule has 0 saturated heterocycles. The summed E-state index contributed by atoms with van der Waals surface area (Å²) in [7, 11) is 0. The minimum absolute atomic E-state index is 0.936. The Kier molecular flexibility index (Phi) is 2.44. The third kappa shape index (κ3) is 1.63. The van der Waals surface area contributed by atoms with E-state index in [0.29, 0.717) is 0 Å². The molecule has 0 aliphatic rings. The molecule has 0 fully saturated rings. The van der Waals surface area contributed by atoms with E-state index in [0.717, 1.165) is 22.3 Å². The largest absolute Gasteiger partial charge is 0.456 e. The molecule has 0 atom stereocenters. The van der Waals surface area contributed by atoms with Crippen LogP contribution in [0.1, 0.15) is 0 Å². The highest BCUT2D eigenvalue weighted by molar-refractivity contribution is 14.1. The molecular weight excluding hydrogens is 311 g/mol. The number of furan rings is 1. The van der Waals surface area contributed by atoms with E-state index in [4.69, 9.17) is 4.42 Å². The number of rotatable bonds is 1. The molecule has 3 rings (SSSR count). The molecule has 0 aliphatic heterocycles.